The zero-order valence-electron chi connectivity index (χ0n) is 9.61. The molecule has 1 aromatic heterocycles. The fourth-order valence-electron chi connectivity index (χ4n) is 1.40. The molecule has 0 atom stereocenters. The van der Waals surface area contributed by atoms with E-state index in [1.807, 2.05) is 0 Å². The number of Topliss-reactive ketones (excluding diaryl/α,β-unsaturated/α-hetero) is 1. The molecule has 5 heteroatoms. The van der Waals surface area contributed by atoms with Crippen LogP contribution in [0.4, 0.5) is 0 Å². The summed E-state index contributed by atoms with van der Waals surface area (Å²) in [5, 5.41) is 8.71. The standard InChI is InChI=1S/C13H12N2O3/c16-7-13(17)11-1-3-12(4-2-11)18-8-10-5-14-9-15-6-10/h1-6,9,16H,7-8H2. The number of nitrogens with zero attached hydrogens (tertiary/aromatic N) is 2. The summed E-state index contributed by atoms with van der Waals surface area (Å²) in [6, 6.07) is 6.62. The van der Waals surface area contributed by atoms with Crippen LogP contribution in [-0.2, 0) is 6.61 Å². The number of carbonyl (C=O) groups is 1. The summed E-state index contributed by atoms with van der Waals surface area (Å²) in [5.41, 5.74) is 1.33. The summed E-state index contributed by atoms with van der Waals surface area (Å²) >= 11 is 0. The number of hydrogen-bond acceptors (Lipinski definition) is 5. The SMILES string of the molecule is O=C(CO)c1ccc(OCc2cncnc2)cc1. The third kappa shape index (κ3) is 3.11. The van der Waals surface area contributed by atoms with E-state index in [0.717, 1.165) is 5.56 Å². The van der Waals surface area contributed by atoms with Crippen molar-refractivity contribution in [2.45, 2.75) is 6.61 Å². The number of ether oxygens (including phenoxy) is 1. The lowest BCUT2D eigenvalue weighted by Crippen LogP contribution is -2.04. The molecule has 0 radical (unpaired) electrons. The minimum atomic E-state index is -0.485. The van der Waals surface area contributed by atoms with E-state index in [1.165, 1.54) is 6.33 Å². The Morgan fingerprint density at radius 1 is 1.17 bits per heavy atom. The van der Waals surface area contributed by atoms with Crippen molar-refractivity contribution in [3.8, 4) is 5.75 Å². The molecule has 5 nitrogen and oxygen atoms in total. The van der Waals surface area contributed by atoms with Gasteiger partial charge >= 0.3 is 0 Å². The molecule has 0 amide bonds. The second kappa shape index (κ2) is 5.88. The molecule has 1 aromatic carbocycles. The van der Waals surface area contributed by atoms with Crippen LogP contribution in [0.1, 0.15) is 15.9 Å². The number of aliphatic hydroxyl groups is 1. The zero-order valence-corrected chi connectivity index (χ0v) is 9.61. The van der Waals surface area contributed by atoms with Crippen LogP contribution in [0, 0.1) is 0 Å². The molecule has 2 aromatic rings. The molecular weight excluding hydrogens is 232 g/mol. The van der Waals surface area contributed by atoms with Crippen LogP contribution in [0.3, 0.4) is 0 Å². The molecule has 18 heavy (non-hydrogen) atoms. The molecule has 0 aliphatic carbocycles. The third-order valence-electron chi connectivity index (χ3n) is 2.34. The van der Waals surface area contributed by atoms with E-state index >= 15 is 0 Å². The van der Waals surface area contributed by atoms with E-state index in [9.17, 15) is 4.79 Å². The van der Waals surface area contributed by atoms with Gasteiger partial charge in [0, 0.05) is 23.5 Å². The summed E-state index contributed by atoms with van der Waals surface area (Å²) in [4.78, 5) is 19.0. The molecule has 0 aliphatic rings. The summed E-state index contributed by atoms with van der Waals surface area (Å²) < 4.78 is 5.51. The Hall–Kier alpha value is -2.27. The number of aliphatic hydroxyl groups excluding tert-OH is 1. The van der Waals surface area contributed by atoms with E-state index in [4.69, 9.17) is 9.84 Å². The molecule has 0 bridgehead atoms. The maximum absolute atomic E-state index is 11.2. The molecule has 0 unspecified atom stereocenters. The van der Waals surface area contributed by atoms with Crippen LogP contribution in [0.5, 0.6) is 5.75 Å². The second-order valence-electron chi connectivity index (χ2n) is 3.64. The van der Waals surface area contributed by atoms with Gasteiger partial charge in [0.25, 0.3) is 0 Å². The fourth-order valence-corrected chi connectivity index (χ4v) is 1.40. The third-order valence-corrected chi connectivity index (χ3v) is 2.34. The van der Waals surface area contributed by atoms with Crippen LogP contribution in [0.2, 0.25) is 0 Å². The molecule has 0 saturated carbocycles. The van der Waals surface area contributed by atoms with Gasteiger partial charge in [-0.3, -0.25) is 4.79 Å². The van der Waals surface area contributed by atoms with Crippen molar-refractivity contribution >= 4 is 5.78 Å². The molecule has 0 aliphatic heterocycles. The van der Waals surface area contributed by atoms with Gasteiger partial charge in [0.15, 0.2) is 5.78 Å². The maximum Gasteiger partial charge on any atom is 0.188 e. The number of benzene rings is 1. The van der Waals surface area contributed by atoms with Crippen LogP contribution in [0.25, 0.3) is 0 Å². The number of aromatic nitrogens is 2. The lowest BCUT2D eigenvalue weighted by Gasteiger charge is -2.06. The summed E-state index contributed by atoms with van der Waals surface area (Å²) in [6.07, 6.45) is 4.81. The zero-order chi connectivity index (χ0) is 12.8. The average Bonchev–Trinajstić information content (AvgIpc) is 2.46. The van der Waals surface area contributed by atoms with Crippen molar-refractivity contribution in [2.24, 2.45) is 0 Å². The van der Waals surface area contributed by atoms with Gasteiger partial charge in [0.2, 0.25) is 0 Å². The smallest absolute Gasteiger partial charge is 0.188 e. The van der Waals surface area contributed by atoms with Crippen molar-refractivity contribution in [1.82, 2.24) is 9.97 Å². The molecule has 2 rings (SSSR count). The number of ketones is 1. The Balaban J connectivity index is 1.97. The Labute approximate surface area is 104 Å². The van der Waals surface area contributed by atoms with Gasteiger partial charge in [-0.1, -0.05) is 0 Å². The molecule has 0 saturated heterocycles. The van der Waals surface area contributed by atoms with Gasteiger partial charge in [-0.25, -0.2) is 9.97 Å². The molecule has 0 fully saturated rings. The summed E-state index contributed by atoms with van der Waals surface area (Å²) in [7, 11) is 0. The highest BCUT2D eigenvalue weighted by Crippen LogP contribution is 2.14. The fraction of sp³-hybridized carbons (Fsp3) is 0.154. The lowest BCUT2D eigenvalue weighted by molar-refractivity contribution is 0.0903. The Kier molecular flexibility index (Phi) is 3.98. The number of rotatable bonds is 5. The second-order valence-corrected chi connectivity index (χ2v) is 3.64. The minimum Gasteiger partial charge on any atom is -0.489 e. The summed E-state index contributed by atoms with van der Waals surface area (Å²) in [5.74, 6) is 0.339. The van der Waals surface area contributed by atoms with Gasteiger partial charge in [0.1, 0.15) is 25.3 Å². The van der Waals surface area contributed by atoms with Crippen LogP contribution >= 0.6 is 0 Å². The lowest BCUT2D eigenvalue weighted by atomic mass is 10.1. The van der Waals surface area contributed by atoms with Crippen molar-refractivity contribution in [3.63, 3.8) is 0 Å². The van der Waals surface area contributed by atoms with Crippen molar-refractivity contribution in [1.29, 1.82) is 0 Å². The largest absolute Gasteiger partial charge is 0.489 e. The Morgan fingerprint density at radius 3 is 2.44 bits per heavy atom. The van der Waals surface area contributed by atoms with Crippen molar-refractivity contribution < 1.29 is 14.6 Å². The molecular formula is C13H12N2O3. The monoisotopic (exact) mass is 244 g/mol. The highest BCUT2D eigenvalue weighted by atomic mass is 16.5. The molecule has 0 spiro atoms. The Morgan fingerprint density at radius 2 is 1.83 bits per heavy atom. The molecule has 1 heterocycles. The highest BCUT2D eigenvalue weighted by Gasteiger charge is 2.03. The first-order valence-corrected chi connectivity index (χ1v) is 5.40. The first-order valence-electron chi connectivity index (χ1n) is 5.40. The van der Waals surface area contributed by atoms with Crippen molar-refractivity contribution in [3.05, 3.63) is 54.1 Å². The summed E-state index contributed by atoms with van der Waals surface area (Å²) in [6.45, 7) is -0.115. The average molecular weight is 244 g/mol. The topological polar surface area (TPSA) is 72.3 Å². The quantitative estimate of drug-likeness (QED) is 0.801. The molecule has 1 N–H and O–H groups in total. The number of hydrogen-bond donors (Lipinski definition) is 1. The highest BCUT2D eigenvalue weighted by molar-refractivity contribution is 5.96. The van der Waals surface area contributed by atoms with Gasteiger partial charge in [-0.15, -0.1) is 0 Å². The van der Waals surface area contributed by atoms with Crippen LogP contribution < -0.4 is 4.74 Å². The first kappa shape index (κ1) is 12.2. The van der Waals surface area contributed by atoms with E-state index in [2.05, 4.69) is 9.97 Å². The van der Waals surface area contributed by atoms with E-state index in [1.54, 1.807) is 36.7 Å². The van der Waals surface area contributed by atoms with Gasteiger partial charge < -0.3 is 9.84 Å². The predicted molar refractivity (Wildman–Crippen MR) is 64.2 cm³/mol. The van der Waals surface area contributed by atoms with E-state index < -0.39 is 6.61 Å². The number of carbonyl (C=O) groups excluding carboxylic acids is 1. The van der Waals surface area contributed by atoms with E-state index in [0.29, 0.717) is 17.9 Å². The van der Waals surface area contributed by atoms with Gasteiger partial charge in [-0.05, 0) is 24.3 Å². The minimum absolute atomic E-state index is 0.307. The van der Waals surface area contributed by atoms with E-state index in [-0.39, 0.29) is 5.78 Å². The predicted octanol–water partition coefficient (Wildman–Crippen LogP) is 1.23. The van der Waals surface area contributed by atoms with Gasteiger partial charge in [-0.2, -0.15) is 0 Å². The normalized spacial score (nSPS) is 10.1. The van der Waals surface area contributed by atoms with Crippen LogP contribution in [-0.4, -0.2) is 27.5 Å². The maximum atomic E-state index is 11.2. The Bertz CT molecular complexity index is 512. The first-order chi connectivity index (χ1) is 8.79. The van der Waals surface area contributed by atoms with Crippen molar-refractivity contribution in [2.75, 3.05) is 6.61 Å². The molecule has 92 valence electrons. The van der Waals surface area contributed by atoms with Gasteiger partial charge in [0.05, 0.1) is 0 Å². The van der Waals surface area contributed by atoms with Crippen LogP contribution in [0.15, 0.2) is 43.0 Å².